The molecule has 18 heavy (non-hydrogen) atoms. The summed E-state index contributed by atoms with van der Waals surface area (Å²) in [4.78, 5) is 13.0. The summed E-state index contributed by atoms with van der Waals surface area (Å²) < 4.78 is 36.4. The number of carboxylic acids is 1. The van der Waals surface area contributed by atoms with Crippen LogP contribution in [-0.2, 0) is 4.79 Å². The van der Waals surface area contributed by atoms with E-state index in [0.29, 0.717) is 19.1 Å². The SMILES string of the molecule is O=C(O)C1CC(NCC(F)(F)F)CN(C2CC2)C1. The van der Waals surface area contributed by atoms with Crippen molar-refractivity contribution in [3.63, 3.8) is 0 Å². The number of nitrogens with zero attached hydrogens (tertiary/aromatic N) is 1. The maximum absolute atomic E-state index is 12.1. The lowest BCUT2D eigenvalue weighted by Gasteiger charge is -2.36. The van der Waals surface area contributed by atoms with Crippen molar-refractivity contribution in [3.8, 4) is 0 Å². The van der Waals surface area contributed by atoms with E-state index in [-0.39, 0.29) is 12.5 Å². The van der Waals surface area contributed by atoms with Crippen molar-refractivity contribution >= 4 is 5.97 Å². The Morgan fingerprint density at radius 3 is 2.50 bits per heavy atom. The van der Waals surface area contributed by atoms with Gasteiger partial charge in [0.05, 0.1) is 12.5 Å². The summed E-state index contributed by atoms with van der Waals surface area (Å²) in [7, 11) is 0. The van der Waals surface area contributed by atoms with Gasteiger partial charge in [0.25, 0.3) is 0 Å². The number of rotatable bonds is 4. The molecule has 0 bridgehead atoms. The van der Waals surface area contributed by atoms with E-state index in [4.69, 9.17) is 5.11 Å². The number of hydrogen-bond donors (Lipinski definition) is 2. The van der Waals surface area contributed by atoms with Gasteiger partial charge in [0.1, 0.15) is 0 Å². The molecule has 1 aliphatic heterocycles. The van der Waals surface area contributed by atoms with Crippen molar-refractivity contribution < 1.29 is 23.1 Å². The Labute approximate surface area is 103 Å². The van der Waals surface area contributed by atoms with Crippen LogP contribution in [0.2, 0.25) is 0 Å². The summed E-state index contributed by atoms with van der Waals surface area (Å²) in [5, 5.41) is 11.5. The molecule has 1 saturated heterocycles. The molecule has 0 aromatic carbocycles. The van der Waals surface area contributed by atoms with Gasteiger partial charge in [-0.15, -0.1) is 0 Å². The maximum atomic E-state index is 12.1. The van der Waals surface area contributed by atoms with Crippen molar-refractivity contribution in [1.82, 2.24) is 10.2 Å². The zero-order valence-electron chi connectivity index (χ0n) is 9.91. The van der Waals surface area contributed by atoms with Gasteiger partial charge in [-0.3, -0.25) is 9.69 Å². The van der Waals surface area contributed by atoms with Gasteiger partial charge in [0.15, 0.2) is 0 Å². The van der Waals surface area contributed by atoms with Crippen molar-refractivity contribution in [3.05, 3.63) is 0 Å². The minimum absolute atomic E-state index is 0.272. The van der Waals surface area contributed by atoms with Crippen LogP contribution in [0.15, 0.2) is 0 Å². The second-order valence-electron chi connectivity index (χ2n) is 5.15. The molecule has 2 unspecified atom stereocenters. The van der Waals surface area contributed by atoms with E-state index in [9.17, 15) is 18.0 Å². The second kappa shape index (κ2) is 5.05. The molecule has 1 heterocycles. The van der Waals surface area contributed by atoms with Gasteiger partial charge in [-0.25, -0.2) is 0 Å². The van der Waals surface area contributed by atoms with Gasteiger partial charge in [-0.2, -0.15) is 13.2 Å². The van der Waals surface area contributed by atoms with Crippen LogP contribution >= 0.6 is 0 Å². The molecule has 2 rings (SSSR count). The highest BCUT2D eigenvalue weighted by molar-refractivity contribution is 5.70. The molecule has 2 aliphatic rings. The minimum Gasteiger partial charge on any atom is -0.481 e. The van der Waals surface area contributed by atoms with E-state index in [1.54, 1.807) is 0 Å². The van der Waals surface area contributed by atoms with Gasteiger partial charge < -0.3 is 10.4 Å². The topological polar surface area (TPSA) is 52.6 Å². The largest absolute Gasteiger partial charge is 0.481 e. The third-order valence-corrected chi connectivity index (χ3v) is 3.48. The van der Waals surface area contributed by atoms with E-state index in [1.807, 2.05) is 4.90 Å². The van der Waals surface area contributed by atoms with Gasteiger partial charge in [0.2, 0.25) is 0 Å². The smallest absolute Gasteiger partial charge is 0.401 e. The second-order valence-corrected chi connectivity index (χ2v) is 5.15. The lowest BCUT2D eigenvalue weighted by Crippen LogP contribution is -2.53. The molecule has 2 N–H and O–H groups in total. The Bertz CT molecular complexity index is 318. The van der Waals surface area contributed by atoms with E-state index in [2.05, 4.69) is 5.32 Å². The first-order chi connectivity index (χ1) is 8.35. The highest BCUT2D eigenvalue weighted by atomic mass is 19.4. The minimum atomic E-state index is -4.25. The Kier molecular flexibility index (Phi) is 3.82. The summed E-state index contributed by atoms with van der Waals surface area (Å²) in [6.07, 6.45) is -1.92. The van der Waals surface area contributed by atoms with Gasteiger partial charge >= 0.3 is 12.1 Å². The first kappa shape index (κ1) is 13.6. The number of nitrogens with one attached hydrogen (secondary N) is 1. The molecule has 1 aliphatic carbocycles. The van der Waals surface area contributed by atoms with Gasteiger partial charge in [-0.05, 0) is 19.3 Å². The quantitative estimate of drug-likeness (QED) is 0.799. The normalized spacial score (nSPS) is 30.4. The predicted molar refractivity (Wildman–Crippen MR) is 58.2 cm³/mol. The molecule has 2 fully saturated rings. The average molecular weight is 266 g/mol. The van der Waals surface area contributed by atoms with Crippen LogP contribution in [0.3, 0.4) is 0 Å². The average Bonchev–Trinajstić information content (AvgIpc) is 3.08. The summed E-state index contributed by atoms with van der Waals surface area (Å²) in [6, 6.07) is -0.00980. The highest BCUT2D eigenvalue weighted by Crippen LogP contribution is 2.31. The lowest BCUT2D eigenvalue weighted by atomic mass is 9.94. The fourth-order valence-electron chi connectivity index (χ4n) is 2.46. The van der Waals surface area contributed by atoms with Gasteiger partial charge in [0, 0.05) is 25.2 Å². The molecule has 0 aromatic rings. The van der Waals surface area contributed by atoms with Crippen molar-refractivity contribution in [1.29, 1.82) is 0 Å². The van der Waals surface area contributed by atoms with Crippen molar-refractivity contribution in [2.45, 2.75) is 37.5 Å². The zero-order valence-corrected chi connectivity index (χ0v) is 9.91. The molecule has 1 saturated carbocycles. The first-order valence-electron chi connectivity index (χ1n) is 6.12. The van der Waals surface area contributed by atoms with Crippen LogP contribution in [-0.4, -0.2) is 53.9 Å². The molecular weight excluding hydrogens is 249 g/mol. The highest BCUT2D eigenvalue weighted by Gasteiger charge is 2.39. The van der Waals surface area contributed by atoms with Crippen molar-refractivity contribution in [2.24, 2.45) is 5.92 Å². The van der Waals surface area contributed by atoms with Crippen LogP contribution in [0, 0.1) is 5.92 Å². The maximum Gasteiger partial charge on any atom is 0.401 e. The predicted octanol–water partition coefficient (Wildman–Crippen LogP) is 1.08. The Morgan fingerprint density at radius 1 is 1.33 bits per heavy atom. The van der Waals surface area contributed by atoms with Crippen LogP contribution in [0.4, 0.5) is 13.2 Å². The molecule has 0 amide bonds. The summed E-state index contributed by atoms with van der Waals surface area (Å²) in [5.74, 6) is -1.48. The Hall–Kier alpha value is -0.820. The molecular formula is C11H17F3N2O2. The van der Waals surface area contributed by atoms with E-state index >= 15 is 0 Å². The molecule has 4 nitrogen and oxygen atoms in total. The van der Waals surface area contributed by atoms with Crippen LogP contribution in [0.25, 0.3) is 0 Å². The fraction of sp³-hybridized carbons (Fsp3) is 0.909. The summed E-state index contributed by atoms with van der Waals surface area (Å²) in [6.45, 7) is -0.0722. The number of likely N-dealkylation sites (tertiary alicyclic amines) is 1. The molecule has 0 aromatic heterocycles. The molecule has 0 spiro atoms. The fourth-order valence-corrected chi connectivity index (χ4v) is 2.46. The first-order valence-corrected chi connectivity index (χ1v) is 6.12. The van der Waals surface area contributed by atoms with Crippen LogP contribution < -0.4 is 5.32 Å². The molecule has 7 heteroatoms. The Morgan fingerprint density at radius 2 is 2.00 bits per heavy atom. The standard InChI is InChI=1S/C11H17F3N2O2/c12-11(13,14)6-15-8-3-7(10(17)18)4-16(5-8)9-1-2-9/h7-9,15H,1-6H2,(H,17,18). The van der Waals surface area contributed by atoms with E-state index < -0.39 is 24.6 Å². The summed E-state index contributed by atoms with van der Waals surface area (Å²) in [5.41, 5.74) is 0. The van der Waals surface area contributed by atoms with E-state index in [0.717, 1.165) is 12.8 Å². The van der Waals surface area contributed by atoms with E-state index in [1.165, 1.54) is 0 Å². The molecule has 2 atom stereocenters. The molecule has 104 valence electrons. The number of carbonyl (C=O) groups is 1. The zero-order chi connectivity index (χ0) is 13.3. The Balaban J connectivity index is 1.90. The van der Waals surface area contributed by atoms with Crippen molar-refractivity contribution in [2.75, 3.05) is 19.6 Å². The third kappa shape index (κ3) is 3.84. The van der Waals surface area contributed by atoms with Crippen LogP contribution in [0.1, 0.15) is 19.3 Å². The lowest BCUT2D eigenvalue weighted by molar-refractivity contribution is -0.144. The summed E-state index contributed by atoms with van der Waals surface area (Å²) >= 11 is 0. The number of piperidine rings is 1. The number of aliphatic carboxylic acids is 1. The number of alkyl halides is 3. The number of hydrogen-bond acceptors (Lipinski definition) is 3. The number of halogens is 3. The van der Waals surface area contributed by atoms with Crippen LogP contribution in [0.5, 0.6) is 0 Å². The number of carboxylic acid groups (broad SMARTS) is 1. The molecule has 0 radical (unpaired) electrons. The monoisotopic (exact) mass is 266 g/mol. The van der Waals surface area contributed by atoms with Gasteiger partial charge in [-0.1, -0.05) is 0 Å². The third-order valence-electron chi connectivity index (χ3n) is 3.48.